The predicted octanol–water partition coefficient (Wildman–Crippen LogP) is 3.63. The van der Waals surface area contributed by atoms with Gasteiger partial charge in [0.25, 0.3) is 5.91 Å². The highest BCUT2D eigenvalue weighted by molar-refractivity contribution is 7.93. The van der Waals surface area contributed by atoms with Crippen molar-refractivity contribution in [2.75, 3.05) is 24.4 Å². The smallest absolute Gasteiger partial charge is 0.447 e. The topological polar surface area (TPSA) is 87.7 Å². The van der Waals surface area contributed by atoms with Crippen LogP contribution >= 0.6 is 11.3 Å². The number of hydrogen-bond donors (Lipinski definition) is 2. The van der Waals surface area contributed by atoms with Crippen molar-refractivity contribution in [1.82, 2.24) is 10.2 Å². The van der Waals surface area contributed by atoms with Gasteiger partial charge >= 0.3 is 15.5 Å². The highest BCUT2D eigenvalue weighted by atomic mass is 32.2. The van der Waals surface area contributed by atoms with Crippen molar-refractivity contribution in [3.63, 3.8) is 0 Å². The van der Waals surface area contributed by atoms with E-state index in [9.17, 15) is 26.4 Å². The van der Waals surface area contributed by atoms with Crippen LogP contribution in [0.1, 0.15) is 22.5 Å². The van der Waals surface area contributed by atoms with E-state index in [0.717, 1.165) is 49.9 Å². The Labute approximate surface area is 181 Å². The molecule has 2 bridgehead atoms. The molecular formula is C19H20F3N3O4S2. The number of nitrogens with zero attached hydrogens (tertiary/aromatic N) is 1. The summed E-state index contributed by atoms with van der Waals surface area (Å²) in [6.45, 7) is 3.00. The summed E-state index contributed by atoms with van der Waals surface area (Å²) in [6, 6.07) is 8.47. The molecule has 1 amide bonds. The minimum absolute atomic E-state index is 0.125. The summed E-state index contributed by atoms with van der Waals surface area (Å²) in [4.78, 5) is 15.4. The van der Waals surface area contributed by atoms with E-state index in [1.54, 1.807) is 12.1 Å². The van der Waals surface area contributed by atoms with E-state index in [0.29, 0.717) is 15.9 Å². The number of nitrogens with one attached hydrogen (secondary N) is 2. The Balaban J connectivity index is 1.39. The minimum Gasteiger partial charge on any atom is -0.447 e. The molecule has 5 rings (SSSR count). The second-order valence-corrected chi connectivity index (χ2v) is 10.2. The maximum absolute atomic E-state index is 12.6. The normalized spacial score (nSPS) is 23.4. The summed E-state index contributed by atoms with van der Waals surface area (Å²) in [5.74, 6) is 0.437. The number of alkyl halides is 3. The molecule has 0 saturated carbocycles. The Morgan fingerprint density at radius 1 is 1.16 bits per heavy atom. The van der Waals surface area contributed by atoms with E-state index < -0.39 is 15.5 Å². The molecule has 3 fully saturated rings. The fraction of sp³-hybridized carbons (Fsp3) is 0.421. The van der Waals surface area contributed by atoms with Crippen LogP contribution in [0, 0.1) is 5.92 Å². The third-order valence-corrected chi connectivity index (χ3v) is 7.46. The van der Waals surface area contributed by atoms with Gasteiger partial charge in [0.1, 0.15) is 5.75 Å². The van der Waals surface area contributed by atoms with E-state index >= 15 is 0 Å². The molecule has 3 aliphatic rings. The molecule has 1 aromatic heterocycles. The maximum atomic E-state index is 12.6. The standard InChI is InChI=1S/C19H20F3N3O4S2/c20-19(21,22)31(27,28)24-13-2-1-3-14(10-13)29-17-5-4-16(30-17)18(26)23-15-11-25-8-6-12(15)7-9-25/h1-5,10,12,15,24H,6-9,11H2,(H,23,26). The van der Waals surface area contributed by atoms with Gasteiger partial charge in [-0.3, -0.25) is 9.52 Å². The zero-order valence-corrected chi connectivity index (χ0v) is 17.8. The number of amides is 1. The zero-order valence-electron chi connectivity index (χ0n) is 16.2. The van der Waals surface area contributed by atoms with Crippen LogP contribution in [0.3, 0.4) is 0 Å². The largest absolute Gasteiger partial charge is 0.516 e. The van der Waals surface area contributed by atoms with Gasteiger partial charge in [0.05, 0.1) is 10.6 Å². The van der Waals surface area contributed by atoms with E-state index in [4.69, 9.17) is 4.74 Å². The lowest BCUT2D eigenvalue weighted by atomic mass is 9.84. The third-order valence-electron chi connectivity index (χ3n) is 5.39. The Kier molecular flexibility index (Phi) is 5.88. The number of fused-ring (bicyclic) bond motifs is 3. The van der Waals surface area contributed by atoms with Crippen LogP contribution in [-0.4, -0.2) is 50.4 Å². The van der Waals surface area contributed by atoms with Gasteiger partial charge in [-0.15, -0.1) is 0 Å². The average molecular weight is 476 g/mol. The van der Waals surface area contributed by atoms with E-state index in [-0.39, 0.29) is 23.4 Å². The van der Waals surface area contributed by atoms with Crippen molar-refractivity contribution in [2.45, 2.75) is 24.4 Å². The number of hydrogen-bond acceptors (Lipinski definition) is 6. The monoisotopic (exact) mass is 475 g/mol. The molecule has 2 aromatic rings. The molecular weight excluding hydrogens is 455 g/mol. The average Bonchev–Trinajstić information content (AvgIpc) is 3.16. The minimum atomic E-state index is -5.52. The first kappa shape index (κ1) is 21.9. The summed E-state index contributed by atoms with van der Waals surface area (Å²) >= 11 is 1.10. The van der Waals surface area contributed by atoms with Crippen LogP contribution in [0.5, 0.6) is 10.8 Å². The summed E-state index contributed by atoms with van der Waals surface area (Å²) in [5.41, 5.74) is -5.71. The number of benzene rings is 1. The highest BCUT2D eigenvalue weighted by Crippen LogP contribution is 2.33. The van der Waals surface area contributed by atoms with Gasteiger partial charge in [-0.05, 0) is 56.1 Å². The molecule has 1 aromatic carbocycles. The first-order valence-corrected chi connectivity index (χ1v) is 11.9. The molecule has 12 heteroatoms. The van der Waals surface area contributed by atoms with Gasteiger partial charge in [-0.25, -0.2) is 0 Å². The summed E-state index contributed by atoms with van der Waals surface area (Å²) < 4.78 is 67.2. The molecule has 0 spiro atoms. The zero-order chi connectivity index (χ0) is 22.2. The number of halogens is 3. The molecule has 0 radical (unpaired) electrons. The van der Waals surface area contributed by atoms with Crippen molar-refractivity contribution in [2.24, 2.45) is 5.92 Å². The maximum Gasteiger partial charge on any atom is 0.516 e. The Morgan fingerprint density at radius 3 is 2.55 bits per heavy atom. The Hall–Kier alpha value is -2.31. The van der Waals surface area contributed by atoms with E-state index in [1.807, 2.05) is 0 Å². The molecule has 4 heterocycles. The number of rotatable bonds is 6. The second kappa shape index (κ2) is 8.32. The van der Waals surface area contributed by atoms with E-state index in [1.165, 1.54) is 22.9 Å². The van der Waals surface area contributed by atoms with Gasteiger partial charge in [0.2, 0.25) is 0 Å². The van der Waals surface area contributed by atoms with Crippen molar-refractivity contribution in [3.8, 4) is 10.8 Å². The Bertz CT molecular complexity index is 1060. The molecule has 1 atom stereocenters. The highest BCUT2D eigenvalue weighted by Gasteiger charge is 2.46. The molecule has 2 N–H and O–H groups in total. The van der Waals surface area contributed by atoms with Crippen molar-refractivity contribution in [3.05, 3.63) is 41.3 Å². The number of anilines is 1. The van der Waals surface area contributed by atoms with Crippen LogP contribution in [0.15, 0.2) is 36.4 Å². The van der Waals surface area contributed by atoms with E-state index in [2.05, 4.69) is 10.2 Å². The first-order valence-electron chi connectivity index (χ1n) is 9.61. The van der Waals surface area contributed by atoms with Crippen LogP contribution in [0.25, 0.3) is 0 Å². The molecule has 3 aliphatic heterocycles. The molecule has 31 heavy (non-hydrogen) atoms. The van der Waals surface area contributed by atoms with Gasteiger partial charge in [0, 0.05) is 18.7 Å². The number of thiophene rings is 1. The van der Waals surface area contributed by atoms with Crippen molar-refractivity contribution >= 4 is 33.0 Å². The molecule has 7 nitrogen and oxygen atoms in total. The van der Waals surface area contributed by atoms with Crippen molar-refractivity contribution < 1.29 is 31.1 Å². The fourth-order valence-electron chi connectivity index (χ4n) is 3.82. The molecule has 3 saturated heterocycles. The van der Waals surface area contributed by atoms with Crippen LogP contribution < -0.4 is 14.8 Å². The quantitative estimate of drug-likeness (QED) is 0.666. The lowest BCUT2D eigenvalue weighted by molar-refractivity contribution is -0.0429. The van der Waals surface area contributed by atoms with Gasteiger partial charge in [0.15, 0.2) is 5.06 Å². The number of ether oxygens (including phenoxy) is 1. The second-order valence-electron chi connectivity index (χ2n) is 7.52. The Morgan fingerprint density at radius 2 is 1.90 bits per heavy atom. The summed E-state index contributed by atoms with van der Waals surface area (Å²) in [5, 5.41) is 3.44. The molecule has 168 valence electrons. The molecule has 0 aliphatic carbocycles. The predicted molar refractivity (Wildman–Crippen MR) is 110 cm³/mol. The van der Waals surface area contributed by atoms with Gasteiger partial charge in [-0.2, -0.15) is 21.6 Å². The van der Waals surface area contributed by atoms with Gasteiger partial charge < -0.3 is 15.0 Å². The van der Waals surface area contributed by atoms with Crippen LogP contribution in [0.4, 0.5) is 18.9 Å². The number of carbonyl (C=O) groups excluding carboxylic acids is 1. The van der Waals surface area contributed by atoms with Crippen LogP contribution in [0.2, 0.25) is 0 Å². The number of piperidine rings is 3. The third kappa shape index (κ3) is 4.96. The van der Waals surface area contributed by atoms with Gasteiger partial charge in [-0.1, -0.05) is 17.4 Å². The van der Waals surface area contributed by atoms with Crippen molar-refractivity contribution in [1.29, 1.82) is 0 Å². The summed E-state index contributed by atoms with van der Waals surface area (Å²) in [6.07, 6.45) is 2.16. The SMILES string of the molecule is O=C(NC1CN2CCC1CC2)c1ccc(Oc2cccc(NS(=O)(=O)C(F)(F)F)c2)s1. The lowest BCUT2D eigenvalue weighted by Crippen LogP contribution is -2.57. The lowest BCUT2D eigenvalue weighted by Gasteiger charge is -2.44. The number of sulfonamides is 1. The number of carbonyl (C=O) groups is 1. The molecule has 1 unspecified atom stereocenters. The fourth-order valence-corrected chi connectivity index (χ4v) is 5.15. The van der Waals surface area contributed by atoms with Crippen LogP contribution in [-0.2, 0) is 10.0 Å². The first-order chi connectivity index (χ1) is 14.6. The summed E-state index contributed by atoms with van der Waals surface area (Å²) in [7, 11) is -5.52.